The van der Waals surface area contributed by atoms with Crippen LogP contribution in [0.25, 0.3) is 0 Å². The molecular weight excluding hydrogens is 321 g/mol. The molecule has 1 aromatic rings. The van der Waals surface area contributed by atoms with Crippen LogP contribution in [0.2, 0.25) is 0 Å². The predicted molar refractivity (Wildman–Crippen MR) is 71.9 cm³/mol. The third kappa shape index (κ3) is 3.90. The van der Waals surface area contributed by atoms with E-state index >= 15 is 0 Å². The largest absolute Gasteiger partial charge is 0.388 e. The second-order valence-electron chi connectivity index (χ2n) is 4.45. The van der Waals surface area contributed by atoms with E-state index in [1.54, 1.807) is 0 Å². The highest BCUT2D eigenvalue weighted by molar-refractivity contribution is 7.52. The molecule has 0 radical (unpaired) electrons. The van der Waals surface area contributed by atoms with Crippen molar-refractivity contribution in [1.82, 2.24) is 9.97 Å². The van der Waals surface area contributed by atoms with Crippen molar-refractivity contribution in [1.29, 1.82) is 0 Å². The number of nitrogens with zero attached hydrogens (tertiary/aromatic N) is 2. The number of hydroxylamine groups is 1. The van der Waals surface area contributed by atoms with Gasteiger partial charge in [0.15, 0.2) is 12.6 Å². The first kappa shape index (κ1) is 17.0. The number of ether oxygens (including phenoxy) is 1. The molecule has 22 heavy (non-hydrogen) atoms. The molecule has 11 nitrogen and oxygen atoms in total. The van der Waals surface area contributed by atoms with Crippen LogP contribution in [0, 0.1) is 0 Å². The number of anilines is 1. The summed E-state index contributed by atoms with van der Waals surface area (Å²) in [5.41, 5.74) is -0.696. The number of hydrogen-bond acceptors (Lipinski definition) is 9. The summed E-state index contributed by atoms with van der Waals surface area (Å²) < 4.78 is 21.1. The van der Waals surface area contributed by atoms with E-state index in [0.29, 0.717) is 0 Å². The molecule has 1 fully saturated rings. The van der Waals surface area contributed by atoms with Gasteiger partial charge in [0.1, 0.15) is 18.0 Å². The fourth-order valence-corrected chi connectivity index (χ4v) is 2.12. The minimum absolute atomic E-state index is 0.0225. The lowest BCUT2D eigenvalue weighted by Crippen LogP contribution is -2.45. The minimum atomic E-state index is -4.01. The number of nitrogens with one attached hydrogen (secondary N) is 1. The Balaban J connectivity index is 2.25. The Kier molecular flexibility index (Phi) is 5.29. The van der Waals surface area contributed by atoms with Crippen molar-refractivity contribution in [2.24, 2.45) is 0 Å². The summed E-state index contributed by atoms with van der Waals surface area (Å²) in [6, 6.07) is 1.33. The molecule has 4 N–H and O–H groups in total. The number of hydrogen-bond donors (Lipinski definition) is 4. The van der Waals surface area contributed by atoms with Crippen LogP contribution in [0.1, 0.15) is 0 Å². The molecule has 124 valence electrons. The SMILES string of the molecule is COP(=O)(O)CON(c1ccnc(=O)[nH]1)[C@@H]1OC[C@@H](O)[C@H]1O. The van der Waals surface area contributed by atoms with E-state index in [9.17, 15) is 24.5 Å². The topological polar surface area (TPSA) is 154 Å². The van der Waals surface area contributed by atoms with Crippen LogP contribution in [0.4, 0.5) is 5.82 Å². The third-order valence-corrected chi connectivity index (χ3v) is 3.91. The van der Waals surface area contributed by atoms with Gasteiger partial charge in [0.2, 0.25) is 0 Å². The van der Waals surface area contributed by atoms with Gasteiger partial charge in [-0.05, 0) is 6.07 Å². The summed E-state index contributed by atoms with van der Waals surface area (Å²) >= 11 is 0. The molecule has 0 saturated carbocycles. The Hall–Kier alpha value is -1.33. The molecule has 0 amide bonds. The van der Waals surface area contributed by atoms with Crippen LogP contribution < -0.4 is 10.8 Å². The zero-order chi connectivity index (χ0) is 16.3. The van der Waals surface area contributed by atoms with Crippen molar-refractivity contribution < 1.29 is 33.8 Å². The second-order valence-corrected chi connectivity index (χ2v) is 6.34. The maximum atomic E-state index is 11.5. The van der Waals surface area contributed by atoms with Crippen LogP contribution in [-0.4, -0.2) is 63.6 Å². The van der Waals surface area contributed by atoms with Gasteiger partial charge in [-0.15, -0.1) is 0 Å². The van der Waals surface area contributed by atoms with Gasteiger partial charge >= 0.3 is 13.3 Å². The standard InChI is InChI=1S/C10H16N3O8P/c1-19-22(17,18)5-21-13(7-2-3-11-10(16)12-7)9-8(15)6(14)4-20-9/h2-3,6,8-9,14-15H,4-5H2,1H3,(H,17,18)(H,11,12,16)/t6-,8-,9-/m1/s1. The molecule has 2 heterocycles. The van der Waals surface area contributed by atoms with Gasteiger partial charge in [-0.2, -0.15) is 0 Å². The highest BCUT2D eigenvalue weighted by Gasteiger charge is 2.41. The Morgan fingerprint density at radius 2 is 2.32 bits per heavy atom. The van der Waals surface area contributed by atoms with E-state index in [1.165, 1.54) is 12.3 Å². The van der Waals surface area contributed by atoms with Crippen molar-refractivity contribution in [3.8, 4) is 0 Å². The number of aliphatic hydroxyl groups is 2. The number of aromatic nitrogens is 2. The molecule has 0 aliphatic carbocycles. The Morgan fingerprint density at radius 1 is 1.59 bits per heavy atom. The fraction of sp³-hybridized carbons (Fsp3) is 0.600. The molecule has 12 heteroatoms. The van der Waals surface area contributed by atoms with Gasteiger partial charge in [-0.1, -0.05) is 0 Å². The lowest BCUT2D eigenvalue weighted by atomic mass is 10.2. The smallest absolute Gasteiger partial charge is 0.356 e. The normalized spacial score (nSPS) is 27.5. The molecule has 1 aliphatic rings. The van der Waals surface area contributed by atoms with Crippen molar-refractivity contribution >= 4 is 13.4 Å². The third-order valence-electron chi connectivity index (χ3n) is 2.90. The van der Waals surface area contributed by atoms with Crippen LogP contribution in [0.15, 0.2) is 17.1 Å². The van der Waals surface area contributed by atoms with E-state index < -0.39 is 38.1 Å². The zero-order valence-electron chi connectivity index (χ0n) is 11.5. The fourth-order valence-electron chi connectivity index (χ4n) is 1.75. The van der Waals surface area contributed by atoms with E-state index in [-0.39, 0.29) is 12.4 Å². The summed E-state index contributed by atoms with van der Waals surface area (Å²) in [7, 11) is -2.97. The first-order chi connectivity index (χ1) is 10.3. The van der Waals surface area contributed by atoms with Gasteiger partial charge in [0.25, 0.3) is 0 Å². The molecule has 1 saturated heterocycles. The van der Waals surface area contributed by atoms with Gasteiger partial charge in [-0.3, -0.25) is 14.4 Å². The molecule has 1 aromatic heterocycles. The first-order valence-electron chi connectivity index (χ1n) is 6.17. The minimum Gasteiger partial charge on any atom is -0.388 e. The van der Waals surface area contributed by atoms with Crippen LogP contribution in [0.3, 0.4) is 0 Å². The molecule has 0 bridgehead atoms. The lowest BCUT2D eigenvalue weighted by Gasteiger charge is -2.30. The van der Waals surface area contributed by atoms with Gasteiger partial charge < -0.3 is 24.4 Å². The maximum absolute atomic E-state index is 11.5. The summed E-state index contributed by atoms with van der Waals surface area (Å²) in [6.07, 6.45) is -3.27. The van der Waals surface area contributed by atoms with E-state index in [0.717, 1.165) is 12.2 Å². The summed E-state index contributed by atoms with van der Waals surface area (Å²) in [4.78, 5) is 31.6. The van der Waals surface area contributed by atoms with Crippen LogP contribution in [0.5, 0.6) is 0 Å². The van der Waals surface area contributed by atoms with Gasteiger partial charge in [-0.25, -0.2) is 14.8 Å². The predicted octanol–water partition coefficient (Wildman–Crippen LogP) is -1.62. The monoisotopic (exact) mass is 337 g/mol. The van der Waals surface area contributed by atoms with Crippen molar-refractivity contribution in [3.63, 3.8) is 0 Å². The van der Waals surface area contributed by atoms with Crippen molar-refractivity contribution in [2.75, 3.05) is 25.1 Å². The molecule has 1 aliphatic heterocycles. The number of rotatable bonds is 6. The molecule has 0 aromatic carbocycles. The summed E-state index contributed by atoms with van der Waals surface area (Å²) in [5.74, 6) is 0.0225. The van der Waals surface area contributed by atoms with E-state index in [1.807, 2.05) is 0 Å². The first-order valence-corrected chi connectivity index (χ1v) is 7.93. The molecule has 4 atom stereocenters. The van der Waals surface area contributed by atoms with Crippen LogP contribution in [-0.2, 0) is 18.7 Å². The number of aromatic amines is 1. The van der Waals surface area contributed by atoms with Crippen molar-refractivity contribution in [3.05, 3.63) is 22.7 Å². The summed E-state index contributed by atoms with van der Waals surface area (Å²) in [5, 5.41) is 20.3. The molecule has 1 unspecified atom stereocenters. The quantitative estimate of drug-likeness (QED) is 0.351. The molecule has 0 spiro atoms. The lowest BCUT2D eigenvalue weighted by molar-refractivity contribution is -0.0439. The average Bonchev–Trinajstić information content (AvgIpc) is 2.80. The number of H-pyrrole nitrogens is 1. The van der Waals surface area contributed by atoms with Gasteiger partial charge in [0.05, 0.1) is 6.61 Å². The zero-order valence-corrected chi connectivity index (χ0v) is 12.4. The van der Waals surface area contributed by atoms with Gasteiger partial charge in [0, 0.05) is 13.3 Å². The Bertz CT molecular complexity index is 610. The van der Waals surface area contributed by atoms with E-state index in [4.69, 9.17) is 9.57 Å². The second kappa shape index (κ2) is 6.84. The number of aliphatic hydroxyl groups excluding tert-OH is 2. The Morgan fingerprint density at radius 3 is 2.86 bits per heavy atom. The van der Waals surface area contributed by atoms with Crippen LogP contribution >= 0.6 is 7.60 Å². The molecule has 2 rings (SSSR count). The van der Waals surface area contributed by atoms with E-state index in [2.05, 4.69) is 14.5 Å². The summed E-state index contributed by atoms with van der Waals surface area (Å²) in [6.45, 7) is -0.165. The molecular formula is C10H16N3O8P. The highest BCUT2D eigenvalue weighted by atomic mass is 31.2. The van der Waals surface area contributed by atoms with Crippen molar-refractivity contribution in [2.45, 2.75) is 18.4 Å². The highest BCUT2D eigenvalue weighted by Crippen LogP contribution is 2.41. The average molecular weight is 337 g/mol. The Labute approximate surface area is 124 Å². The maximum Gasteiger partial charge on any atom is 0.356 e.